The first kappa shape index (κ1) is 11.8. The van der Waals surface area contributed by atoms with Crippen LogP contribution in [0, 0.1) is 0 Å². The van der Waals surface area contributed by atoms with Gasteiger partial charge in [-0.3, -0.25) is 0 Å². The molecule has 0 fully saturated rings. The lowest BCUT2D eigenvalue weighted by Crippen LogP contribution is -2.02. The largest absolute Gasteiger partial charge is 0.383 e. The zero-order valence-corrected chi connectivity index (χ0v) is 10.9. The molecule has 86 valence electrons. The van der Waals surface area contributed by atoms with Crippen LogP contribution < -0.4 is 0 Å². The molecule has 0 saturated carbocycles. The summed E-state index contributed by atoms with van der Waals surface area (Å²) in [4.78, 5) is 2.84. The Hall–Kier alpha value is -1.67. The Morgan fingerprint density at radius 3 is 2.47 bits per heavy atom. The number of rotatable bonds is 3. The molecule has 0 amide bonds. The summed E-state index contributed by atoms with van der Waals surface area (Å²) in [5, 5.41) is 2.47. The molecule has 0 aliphatic carbocycles. The molecule has 0 aromatic heterocycles. The van der Waals surface area contributed by atoms with E-state index in [-0.39, 0.29) is 0 Å². The lowest BCUT2D eigenvalue weighted by molar-refractivity contribution is 0.564. The third-order valence-electron chi connectivity index (χ3n) is 2.56. The average molecular weight is 241 g/mol. The van der Waals surface area contributed by atoms with Gasteiger partial charge >= 0.3 is 0 Å². The molecule has 0 aliphatic heterocycles. The molecule has 0 radical (unpaired) electrons. The van der Waals surface area contributed by atoms with Crippen molar-refractivity contribution in [3.63, 3.8) is 0 Å². The monoisotopic (exact) mass is 241 g/mol. The molecule has 0 saturated heterocycles. The Morgan fingerprint density at radius 2 is 1.76 bits per heavy atom. The van der Waals surface area contributed by atoms with Crippen LogP contribution in [-0.2, 0) is 0 Å². The van der Waals surface area contributed by atoms with E-state index in [1.54, 1.807) is 0 Å². The van der Waals surface area contributed by atoms with Gasteiger partial charge in [-0.2, -0.15) is 0 Å². The molecular formula is C15H15NS. The molecule has 0 aliphatic rings. The molecule has 2 rings (SSSR count). The molecule has 2 aromatic rings. The quantitative estimate of drug-likeness (QED) is 0.458. The summed E-state index contributed by atoms with van der Waals surface area (Å²) >= 11 is 5.39. The maximum atomic E-state index is 5.39. The van der Waals surface area contributed by atoms with Crippen molar-refractivity contribution in [1.82, 2.24) is 4.90 Å². The lowest BCUT2D eigenvalue weighted by atomic mass is 10.1. The van der Waals surface area contributed by atoms with E-state index in [2.05, 4.69) is 30.3 Å². The van der Waals surface area contributed by atoms with E-state index in [9.17, 15) is 0 Å². The normalized spacial score (nSPS) is 10.9. The number of nitrogens with zero attached hydrogens (tertiary/aromatic N) is 1. The number of allylic oxidation sites excluding steroid dienone is 1. The molecule has 1 nitrogen and oxygen atoms in total. The van der Waals surface area contributed by atoms with Crippen LogP contribution in [0.3, 0.4) is 0 Å². The van der Waals surface area contributed by atoms with Gasteiger partial charge < -0.3 is 4.90 Å². The van der Waals surface area contributed by atoms with Gasteiger partial charge in [0.2, 0.25) is 0 Å². The summed E-state index contributed by atoms with van der Waals surface area (Å²) in [6.45, 7) is 0. The first-order valence-corrected chi connectivity index (χ1v) is 5.95. The molecule has 0 atom stereocenters. The Bertz CT molecular complexity index is 570. The number of benzene rings is 2. The Morgan fingerprint density at radius 1 is 1.06 bits per heavy atom. The molecule has 2 heteroatoms. The maximum Gasteiger partial charge on any atom is 0.0464 e. The summed E-state index contributed by atoms with van der Waals surface area (Å²) in [5.41, 5.74) is 1.09. The van der Waals surface area contributed by atoms with Gasteiger partial charge in [-0.15, -0.1) is 0 Å². The summed E-state index contributed by atoms with van der Waals surface area (Å²) in [5.74, 6) is 0. The van der Waals surface area contributed by atoms with Crippen LogP contribution in [0.4, 0.5) is 0 Å². The number of hydrogen-bond acceptors (Lipinski definition) is 2. The van der Waals surface area contributed by atoms with Gasteiger partial charge in [0, 0.05) is 19.0 Å². The van der Waals surface area contributed by atoms with Crippen LogP contribution in [0.2, 0.25) is 0 Å². The molecule has 2 aromatic carbocycles. The van der Waals surface area contributed by atoms with Crippen LogP contribution in [0.25, 0.3) is 10.8 Å². The highest BCUT2D eigenvalue weighted by Crippen LogP contribution is 2.16. The van der Waals surface area contributed by atoms with E-state index >= 15 is 0 Å². The van der Waals surface area contributed by atoms with Gasteiger partial charge in [0.05, 0.1) is 0 Å². The summed E-state index contributed by atoms with van der Waals surface area (Å²) in [6, 6.07) is 14.6. The minimum atomic E-state index is 0.865. The smallest absolute Gasteiger partial charge is 0.0464 e. The predicted octanol–water partition coefficient (Wildman–Crippen LogP) is 3.63. The zero-order valence-electron chi connectivity index (χ0n) is 10.1. The standard InChI is InChI=1S/C15H15NS/c1-16(2)10-9-15(17)14-8-7-12-5-3-4-6-13(12)11-14/h3-11H,1-2H3/b10-9+. The van der Waals surface area contributed by atoms with Crippen molar-refractivity contribution < 1.29 is 0 Å². The second-order valence-corrected chi connectivity index (χ2v) is 4.65. The number of fused-ring (bicyclic) bond motifs is 1. The topological polar surface area (TPSA) is 3.24 Å². The van der Waals surface area contributed by atoms with E-state index in [1.165, 1.54) is 10.8 Å². The van der Waals surface area contributed by atoms with E-state index in [4.69, 9.17) is 12.2 Å². The van der Waals surface area contributed by atoms with Crippen LogP contribution in [0.1, 0.15) is 5.56 Å². The van der Waals surface area contributed by atoms with Crippen LogP contribution in [0.15, 0.2) is 54.7 Å². The van der Waals surface area contributed by atoms with Crippen LogP contribution >= 0.6 is 12.2 Å². The number of hydrogen-bond donors (Lipinski definition) is 0. The molecular weight excluding hydrogens is 226 g/mol. The van der Waals surface area contributed by atoms with Crippen molar-refractivity contribution >= 4 is 27.9 Å². The van der Waals surface area contributed by atoms with Gasteiger partial charge in [0.1, 0.15) is 0 Å². The Kier molecular flexibility index (Phi) is 3.55. The minimum absolute atomic E-state index is 0.865. The van der Waals surface area contributed by atoms with Gasteiger partial charge in [-0.1, -0.05) is 48.6 Å². The van der Waals surface area contributed by atoms with Crippen molar-refractivity contribution in [1.29, 1.82) is 0 Å². The fraction of sp³-hybridized carbons (Fsp3) is 0.133. The third-order valence-corrected chi connectivity index (χ3v) is 2.93. The fourth-order valence-corrected chi connectivity index (χ4v) is 1.84. The van der Waals surface area contributed by atoms with Gasteiger partial charge in [0.15, 0.2) is 0 Å². The highest BCUT2D eigenvalue weighted by Gasteiger charge is 1.99. The lowest BCUT2D eigenvalue weighted by Gasteiger charge is -2.05. The van der Waals surface area contributed by atoms with Crippen LogP contribution in [0.5, 0.6) is 0 Å². The van der Waals surface area contributed by atoms with E-state index < -0.39 is 0 Å². The molecule has 0 spiro atoms. The first-order valence-electron chi connectivity index (χ1n) is 5.54. The maximum absolute atomic E-state index is 5.39. The highest BCUT2D eigenvalue weighted by molar-refractivity contribution is 7.81. The molecule has 0 unspecified atom stereocenters. The molecule has 0 heterocycles. The van der Waals surface area contributed by atoms with E-state index in [1.807, 2.05) is 43.4 Å². The summed E-state index contributed by atoms with van der Waals surface area (Å²) in [6.07, 6.45) is 3.93. The summed E-state index contributed by atoms with van der Waals surface area (Å²) < 4.78 is 0. The summed E-state index contributed by atoms with van der Waals surface area (Å²) in [7, 11) is 3.97. The fourth-order valence-electron chi connectivity index (χ4n) is 1.66. The minimum Gasteiger partial charge on any atom is -0.383 e. The Balaban J connectivity index is 2.33. The first-order chi connectivity index (χ1) is 8.16. The second kappa shape index (κ2) is 5.11. The van der Waals surface area contributed by atoms with Crippen LogP contribution in [-0.4, -0.2) is 23.9 Å². The van der Waals surface area contributed by atoms with Gasteiger partial charge in [0.25, 0.3) is 0 Å². The highest BCUT2D eigenvalue weighted by atomic mass is 32.1. The average Bonchev–Trinajstić information content (AvgIpc) is 2.35. The van der Waals surface area contributed by atoms with Crippen molar-refractivity contribution in [3.8, 4) is 0 Å². The number of thiocarbonyl (C=S) groups is 1. The van der Waals surface area contributed by atoms with E-state index in [0.29, 0.717) is 0 Å². The molecule has 0 bridgehead atoms. The predicted molar refractivity (Wildman–Crippen MR) is 78.5 cm³/mol. The van der Waals surface area contributed by atoms with Crippen molar-refractivity contribution in [3.05, 3.63) is 60.3 Å². The molecule has 0 N–H and O–H groups in total. The van der Waals surface area contributed by atoms with E-state index in [0.717, 1.165) is 10.4 Å². The Labute approximate surface area is 107 Å². The van der Waals surface area contributed by atoms with Gasteiger partial charge in [-0.05, 0) is 34.7 Å². The van der Waals surface area contributed by atoms with Crippen molar-refractivity contribution in [2.75, 3.05) is 14.1 Å². The van der Waals surface area contributed by atoms with Crippen molar-refractivity contribution in [2.45, 2.75) is 0 Å². The van der Waals surface area contributed by atoms with Crippen molar-refractivity contribution in [2.24, 2.45) is 0 Å². The molecule has 17 heavy (non-hydrogen) atoms. The second-order valence-electron chi connectivity index (χ2n) is 4.21. The van der Waals surface area contributed by atoms with Gasteiger partial charge in [-0.25, -0.2) is 0 Å². The SMILES string of the molecule is CN(C)/C=C/C(=S)c1ccc2ccccc2c1. The zero-order chi connectivity index (χ0) is 12.3. The third kappa shape index (κ3) is 2.92.